The van der Waals surface area contributed by atoms with E-state index in [0.717, 1.165) is 5.69 Å². The number of rotatable bonds is 5. The second-order valence-corrected chi connectivity index (χ2v) is 6.40. The lowest BCUT2D eigenvalue weighted by Crippen LogP contribution is -2.42. The lowest BCUT2D eigenvalue weighted by atomic mass is 10.1. The summed E-state index contributed by atoms with van der Waals surface area (Å²) in [5, 5.41) is 7.49. The molecule has 0 saturated heterocycles. The fourth-order valence-corrected chi connectivity index (χ4v) is 2.38. The predicted octanol–water partition coefficient (Wildman–Crippen LogP) is 4.32. The summed E-state index contributed by atoms with van der Waals surface area (Å²) < 4.78 is 7.41. The summed E-state index contributed by atoms with van der Waals surface area (Å²) in [7, 11) is 0. The Morgan fingerprint density at radius 3 is 2.32 bits per heavy atom. The maximum atomic E-state index is 12.5. The highest BCUT2D eigenvalue weighted by Crippen LogP contribution is 2.28. The number of aromatic nitrogens is 2. The minimum atomic E-state index is -1.14. The van der Waals surface area contributed by atoms with Crippen LogP contribution in [0, 0.1) is 0 Å². The van der Waals surface area contributed by atoms with Crippen LogP contribution in [0.2, 0.25) is 5.02 Å². The first-order valence-electron chi connectivity index (χ1n) is 7.82. The molecule has 128 valence electrons. The van der Waals surface area contributed by atoms with E-state index in [1.165, 1.54) is 0 Å². The molecule has 1 amide bonds. The van der Waals surface area contributed by atoms with Crippen molar-refractivity contribution in [1.82, 2.24) is 9.78 Å². The zero-order valence-electron chi connectivity index (χ0n) is 13.9. The van der Waals surface area contributed by atoms with Crippen molar-refractivity contribution in [2.75, 3.05) is 5.32 Å². The first kappa shape index (κ1) is 17.0. The van der Waals surface area contributed by atoms with Crippen molar-refractivity contribution in [1.29, 1.82) is 0 Å². The van der Waals surface area contributed by atoms with Crippen LogP contribution in [0.4, 0.5) is 5.69 Å². The first-order chi connectivity index (χ1) is 12.0. The average molecular weight is 356 g/mol. The lowest BCUT2D eigenvalue weighted by molar-refractivity contribution is -0.128. The molecule has 0 radical (unpaired) electrons. The van der Waals surface area contributed by atoms with Gasteiger partial charge < -0.3 is 10.1 Å². The number of carbonyl (C=O) groups excluding carboxylic acids is 1. The van der Waals surface area contributed by atoms with E-state index in [2.05, 4.69) is 10.4 Å². The molecule has 0 fully saturated rings. The molecule has 0 aliphatic rings. The van der Waals surface area contributed by atoms with E-state index in [9.17, 15) is 4.79 Å². The highest BCUT2D eigenvalue weighted by molar-refractivity contribution is 6.31. The van der Waals surface area contributed by atoms with Gasteiger partial charge in [-0.2, -0.15) is 0 Å². The van der Waals surface area contributed by atoms with Crippen molar-refractivity contribution in [2.45, 2.75) is 19.4 Å². The van der Waals surface area contributed by atoms with Gasteiger partial charge >= 0.3 is 0 Å². The first-order valence-corrected chi connectivity index (χ1v) is 8.19. The number of benzene rings is 2. The molecule has 1 heterocycles. The molecule has 2 aromatic carbocycles. The van der Waals surface area contributed by atoms with Gasteiger partial charge in [0, 0.05) is 5.69 Å². The zero-order valence-corrected chi connectivity index (χ0v) is 14.7. The highest BCUT2D eigenvalue weighted by atomic mass is 35.5. The molecule has 1 N–H and O–H groups in total. The number of ether oxygens (including phenoxy) is 1. The second kappa shape index (κ2) is 6.99. The Balaban J connectivity index is 1.76. The second-order valence-electron chi connectivity index (χ2n) is 5.99. The number of carbonyl (C=O) groups is 1. The number of amides is 1. The lowest BCUT2D eigenvalue weighted by Gasteiger charge is -2.24. The Hall–Kier alpha value is -2.79. The summed E-state index contributed by atoms with van der Waals surface area (Å²) in [6, 6.07) is 18.7. The van der Waals surface area contributed by atoms with Gasteiger partial charge in [0.2, 0.25) is 0 Å². The molecule has 0 aliphatic carbocycles. The largest absolute Gasteiger partial charge is 0.459 e. The Kier molecular flexibility index (Phi) is 4.76. The molecule has 25 heavy (non-hydrogen) atoms. The maximum absolute atomic E-state index is 12.5. The third-order valence-electron chi connectivity index (χ3n) is 3.59. The average Bonchev–Trinajstić information content (AvgIpc) is 2.97. The summed E-state index contributed by atoms with van der Waals surface area (Å²) in [6.45, 7) is 3.34. The van der Waals surface area contributed by atoms with Crippen molar-refractivity contribution >= 4 is 23.2 Å². The van der Waals surface area contributed by atoms with Crippen LogP contribution in [-0.2, 0) is 4.79 Å². The third-order valence-corrected chi connectivity index (χ3v) is 3.85. The Bertz CT molecular complexity index is 861. The number of halogens is 1. The van der Waals surface area contributed by atoms with Crippen LogP contribution in [0.1, 0.15) is 13.8 Å². The molecule has 0 bridgehead atoms. The van der Waals surface area contributed by atoms with E-state index in [0.29, 0.717) is 10.7 Å². The van der Waals surface area contributed by atoms with Crippen LogP contribution in [0.3, 0.4) is 0 Å². The van der Waals surface area contributed by atoms with Gasteiger partial charge in [-0.05, 0) is 38.1 Å². The van der Waals surface area contributed by atoms with Gasteiger partial charge in [-0.3, -0.25) is 4.79 Å². The van der Waals surface area contributed by atoms with Crippen LogP contribution in [0.15, 0.2) is 66.9 Å². The number of para-hydroxylation sites is 2. The monoisotopic (exact) mass is 355 g/mol. The fourth-order valence-electron chi connectivity index (χ4n) is 2.21. The molecule has 0 unspecified atom stereocenters. The van der Waals surface area contributed by atoms with Crippen molar-refractivity contribution in [2.24, 2.45) is 0 Å². The van der Waals surface area contributed by atoms with Gasteiger partial charge in [-0.15, -0.1) is 5.10 Å². The summed E-state index contributed by atoms with van der Waals surface area (Å²) in [5.41, 5.74) is 0.408. The van der Waals surface area contributed by atoms with Crippen LogP contribution >= 0.6 is 11.6 Å². The third kappa shape index (κ3) is 4.00. The van der Waals surface area contributed by atoms with Crippen LogP contribution in [-0.4, -0.2) is 21.3 Å². The molecule has 0 saturated carbocycles. The summed E-state index contributed by atoms with van der Waals surface area (Å²) in [6.07, 6.45) is 1.65. The maximum Gasteiger partial charge on any atom is 0.268 e. The Morgan fingerprint density at radius 2 is 1.68 bits per heavy atom. The minimum Gasteiger partial charge on any atom is -0.459 e. The van der Waals surface area contributed by atoms with Crippen LogP contribution in [0.5, 0.6) is 5.88 Å². The number of hydrogen-bond acceptors (Lipinski definition) is 3. The molecule has 3 aromatic rings. The predicted molar refractivity (Wildman–Crippen MR) is 98.4 cm³/mol. The smallest absolute Gasteiger partial charge is 0.268 e. The van der Waals surface area contributed by atoms with Gasteiger partial charge in [-0.1, -0.05) is 48.0 Å². The molecular weight excluding hydrogens is 338 g/mol. The fraction of sp³-hybridized carbons (Fsp3) is 0.158. The van der Waals surface area contributed by atoms with E-state index >= 15 is 0 Å². The van der Waals surface area contributed by atoms with Crippen molar-refractivity contribution < 1.29 is 9.53 Å². The van der Waals surface area contributed by atoms with Crippen molar-refractivity contribution in [3.63, 3.8) is 0 Å². The summed E-state index contributed by atoms with van der Waals surface area (Å²) >= 11 is 6.23. The summed E-state index contributed by atoms with van der Waals surface area (Å²) in [4.78, 5) is 12.5. The Morgan fingerprint density at radius 1 is 1.08 bits per heavy atom. The van der Waals surface area contributed by atoms with E-state index in [1.807, 2.05) is 60.7 Å². The molecular formula is C19H18ClN3O2. The van der Waals surface area contributed by atoms with Crippen LogP contribution in [0.25, 0.3) is 5.69 Å². The molecule has 3 rings (SSSR count). The normalized spacial score (nSPS) is 11.2. The summed E-state index contributed by atoms with van der Waals surface area (Å²) in [5.74, 6) is -0.0808. The van der Waals surface area contributed by atoms with Gasteiger partial charge in [0.25, 0.3) is 11.8 Å². The van der Waals surface area contributed by atoms with Crippen molar-refractivity contribution in [3.05, 3.63) is 71.9 Å². The quantitative estimate of drug-likeness (QED) is 0.741. The van der Waals surface area contributed by atoms with Gasteiger partial charge in [0.05, 0.1) is 11.9 Å². The molecule has 0 atom stereocenters. The standard InChI is InChI=1S/C19H18ClN3O2/c1-19(2,18(24)21-14-9-5-3-6-10-14)25-17-16(20)13-23(22-17)15-11-7-4-8-12-15/h3-13H,1-2H3,(H,21,24). The number of anilines is 1. The van der Waals surface area contributed by atoms with E-state index in [-0.39, 0.29) is 11.8 Å². The zero-order chi connectivity index (χ0) is 17.9. The van der Waals surface area contributed by atoms with Gasteiger partial charge in [0.1, 0.15) is 5.02 Å². The molecule has 6 heteroatoms. The van der Waals surface area contributed by atoms with E-state index < -0.39 is 5.60 Å². The SMILES string of the molecule is CC(C)(Oc1nn(-c2ccccc2)cc1Cl)C(=O)Nc1ccccc1. The minimum absolute atomic E-state index is 0.207. The van der Waals surface area contributed by atoms with E-state index in [4.69, 9.17) is 16.3 Å². The molecule has 0 aliphatic heterocycles. The van der Waals surface area contributed by atoms with Gasteiger partial charge in [-0.25, -0.2) is 4.68 Å². The number of hydrogen-bond donors (Lipinski definition) is 1. The topological polar surface area (TPSA) is 56.2 Å². The molecule has 0 spiro atoms. The number of nitrogens with one attached hydrogen (secondary N) is 1. The molecule has 1 aromatic heterocycles. The Labute approximate surface area is 151 Å². The van der Waals surface area contributed by atoms with Gasteiger partial charge in [0.15, 0.2) is 5.60 Å². The highest BCUT2D eigenvalue weighted by Gasteiger charge is 2.32. The van der Waals surface area contributed by atoms with Crippen molar-refractivity contribution in [3.8, 4) is 11.6 Å². The van der Waals surface area contributed by atoms with Crippen LogP contribution < -0.4 is 10.1 Å². The van der Waals surface area contributed by atoms with E-state index in [1.54, 1.807) is 24.7 Å². The molecule has 5 nitrogen and oxygen atoms in total. The number of nitrogens with zero attached hydrogens (tertiary/aromatic N) is 2.